The lowest BCUT2D eigenvalue weighted by atomic mass is 10.1. The molecule has 1 saturated heterocycles. The van der Waals surface area contributed by atoms with Crippen molar-refractivity contribution in [3.63, 3.8) is 0 Å². The van der Waals surface area contributed by atoms with E-state index in [0.717, 1.165) is 24.1 Å². The number of amides is 2. The molecule has 0 spiro atoms. The molecule has 1 atom stereocenters. The van der Waals surface area contributed by atoms with Gasteiger partial charge in [0, 0.05) is 20.1 Å². The molecular weight excluding hydrogens is 270 g/mol. The minimum atomic E-state index is -0.362. The Hall–Kier alpha value is -2.44. The van der Waals surface area contributed by atoms with Crippen molar-refractivity contribution in [1.82, 2.24) is 10.2 Å². The van der Waals surface area contributed by atoms with Gasteiger partial charge in [0.25, 0.3) is 0 Å². The Morgan fingerprint density at radius 2 is 2.38 bits per heavy atom. The van der Waals surface area contributed by atoms with Crippen LogP contribution in [0, 0.1) is 5.53 Å². The first-order chi connectivity index (χ1) is 10.2. The van der Waals surface area contributed by atoms with E-state index < -0.39 is 0 Å². The van der Waals surface area contributed by atoms with Crippen molar-refractivity contribution < 1.29 is 9.59 Å². The molecule has 21 heavy (non-hydrogen) atoms. The molecule has 1 fully saturated rings. The normalized spacial score (nSPS) is 17.4. The van der Waals surface area contributed by atoms with Gasteiger partial charge in [-0.2, -0.15) is 5.11 Å². The number of benzene rings is 1. The molecule has 0 unspecified atom stereocenters. The van der Waals surface area contributed by atoms with Crippen LogP contribution in [-0.2, 0) is 16.1 Å². The molecule has 1 heterocycles. The summed E-state index contributed by atoms with van der Waals surface area (Å²) < 4.78 is 0. The molecule has 0 aliphatic carbocycles. The van der Waals surface area contributed by atoms with Gasteiger partial charge >= 0.3 is 0 Å². The Balaban J connectivity index is 1.98. The molecule has 112 valence electrons. The number of anilines is 1. The van der Waals surface area contributed by atoms with Crippen LogP contribution in [0.2, 0.25) is 0 Å². The van der Waals surface area contributed by atoms with Crippen LogP contribution >= 0.6 is 0 Å². The minimum absolute atomic E-state index is 0.137. The topological polar surface area (TPSA) is 97.7 Å². The van der Waals surface area contributed by atoms with E-state index in [-0.39, 0.29) is 11.9 Å². The van der Waals surface area contributed by atoms with Crippen LogP contribution in [-0.4, -0.2) is 36.9 Å². The summed E-state index contributed by atoms with van der Waals surface area (Å²) >= 11 is 0. The Kier molecular flexibility index (Phi) is 4.86. The molecule has 1 aromatic rings. The smallest absolute Gasteiger partial charge is 0.243 e. The third-order valence-corrected chi connectivity index (χ3v) is 3.65. The first-order valence-electron chi connectivity index (χ1n) is 6.86. The first-order valence-corrected chi connectivity index (χ1v) is 6.86. The number of hydrogen-bond donors (Lipinski definition) is 3. The van der Waals surface area contributed by atoms with E-state index in [4.69, 9.17) is 5.53 Å². The fraction of sp³-hybridized carbons (Fsp3) is 0.429. The highest BCUT2D eigenvalue weighted by Crippen LogP contribution is 2.25. The number of likely N-dealkylation sites (tertiary alicyclic amines) is 1. The van der Waals surface area contributed by atoms with E-state index in [9.17, 15) is 9.59 Å². The molecule has 2 rings (SSSR count). The average Bonchev–Trinajstić information content (AvgIpc) is 3.00. The maximum atomic E-state index is 12.1. The zero-order valence-electron chi connectivity index (χ0n) is 11.9. The molecule has 7 nitrogen and oxygen atoms in total. The molecule has 0 bridgehead atoms. The zero-order chi connectivity index (χ0) is 15.2. The summed E-state index contributed by atoms with van der Waals surface area (Å²) in [4.78, 5) is 24.5. The fourth-order valence-electron chi connectivity index (χ4n) is 2.49. The second-order valence-electron chi connectivity index (χ2n) is 4.93. The third kappa shape index (κ3) is 3.36. The molecule has 0 aromatic heterocycles. The molecule has 0 saturated carbocycles. The second kappa shape index (κ2) is 6.83. The number of rotatable bonds is 6. The van der Waals surface area contributed by atoms with Crippen molar-refractivity contribution in [1.29, 1.82) is 5.53 Å². The van der Waals surface area contributed by atoms with E-state index in [0.29, 0.717) is 25.2 Å². The summed E-state index contributed by atoms with van der Waals surface area (Å²) in [6, 6.07) is 5.08. The largest absolute Gasteiger partial charge is 0.386 e. The molecule has 2 amide bonds. The van der Waals surface area contributed by atoms with Crippen molar-refractivity contribution >= 4 is 23.7 Å². The van der Waals surface area contributed by atoms with E-state index >= 15 is 0 Å². The van der Waals surface area contributed by atoms with E-state index in [1.54, 1.807) is 13.1 Å². The molecule has 1 aromatic carbocycles. The Morgan fingerprint density at radius 1 is 1.57 bits per heavy atom. The minimum Gasteiger partial charge on any atom is -0.386 e. The van der Waals surface area contributed by atoms with E-state index in [1.807, 2.05) is 12.1 Å². The SMILES string of the molecule is CNc1ccc(CNC(=O)[C@@H]2CCCN2C=O)cc1N=N. The third-order valence-electron chi connectivity index (χ3n) is 3.65. The van der Waals surface area contributed by atoms with Crippen molar-refractivity contribution in [2.24, 2.45) is 5.11 Å². The van der Waals surface area contributed by atoms with Gasteiger partial charge in [0.1, 0.15) is 11.7 Å². The van der Waals surface area contributed by atoms with Gasteiger partial charge in [0.2, 0.25) is 12.3 Å². The molecule has 1 aliphatic rings. The monoisotopic (exact) mass is 289 g/mol. The lowest BCUT2D eigenvalue weighted by Crippen LogP contribution is -2.42. The van der Waals surface area contributed by atoms with Gasteiger partial charge in [-0.25, -0.2) is 5.53 Å². The predicted molar refractivity (Wildman–Crippen MR) is 78.4 cm³/mol. The number of nitrogens with one attached hydrogen (secondary N) is 3. The summed E-state index contributed by atoms with van der Waals surface area (Å²) in [5.41, 5.74) is 9.30. The van der Waals surface area contributed by atoms with Gasteiger partial charge in [-0.05, 0) is 30.5 Å². The van der Waals surface area contributed by atoms with Gasteiger partial charge in [0.05, 0.1) is 5.69 Å². The molecule has 1 aliphatic heterocycles. The van der Waals surface area contributed by atoms with Crippen LogP contribution in [0.1, 0.15) is 18.4 Å². The summed E-state index contributed by atoms with van der Waals surface area (Å²) in [7, 11) is 1.76. The number of hydrogen-bond acceptors (Lipinski definition) is 5. The highest BCUT2D eigenvalue weighted by molar-refractivity contribution is 5.84. The van der Waals surface area contributed by atoms with Gasteiger partial charge in [-0.15, -0.1) is 0 Å². The quantitative estimate of drug-likeness (QED) is 0.548. The first kappa shape index (κ1) is 15.0. The Bertz CT molecular complexity index is 546. The predicted octanol–water partition coefficient (Wildman–Crippen LogP) is 1.63. The zero-order valence-corrected chi connectivity index (χ0v) is 11.9. The highest BCUT2D eigenvalue weighted by Gasteiger charge is 2.29. The number of nitrogens with zero attached hydrogens (tertiary/aromatic N) is 2. The molecular formula is C14H19N5O2. The summed E-state index contributed by atoms with van der Waals surface area (Å²) in [6.45, 7) is 0.995. The lowest BCUT2D eigenvalue weighted by Gasteiger charge is -2.19. The molecule has 3 N–H and O–H groups in total. The van der Waals surface area contributed by atoms with Crippen LogP contribution in [0.15, 0.2) is 23.3 Å². The van der Waals surface area contributed by atoms with Gasteiger partial charge in [-0.1, -0.05) is 6.07 Å². The average molecular weight is 289 g/mol. The summed E-state index contributed by atoms with van der Waals surface area (Å²) in [5.74, 6) is -0.137. The lowest BCUT2D eigenvalue weighted by molar-refractivity contribution is -0.131. The van der Waals surface area contributed by atoms with Crippen molar-refractivity contribution in [2.45, 2.75) is 25.4 Å². The Labute approximate surface area is 123 Å². The highest BCUT2D eigenvalue weighted by atomic mass is 16.2. The van der Waals surface area contributed by atoms with Gasteiger partial charge < -0.3 is 15.5 Å². The van der Waals surface area contributed by atoms with Crippen LogP contribution in [0.25, 0.3) is 0 Å². The number of carbonyl (C=O) groups is 2. The standard InChI is InChI=1S/C14H19N5O2/c1-16-11-5-4-10(7-12(11)18-15)8-17-14(21)13-3-2-6-19(13)9-20/h4-5,7,9,13,15-16H,2-3,6,8H2,1H3,(H,17,21)/t13-/m0/s1. The van der Waals surface area contributed by atoms with Crippen molar-refractivity contribution in [3.05, 3.63) is 23.8 Å². The van der Waals surface area contributed by atoms with E-state index in [1.165, 1.54) is 4.90 Å². The Morgan fingerprint density at radius 3 is 3.05 bits per heavy atom. The molecule has 0 radical (unpaired) electrons. The molecule has 7 heteroatoms. The number of carbonyl (C=O) groups excluding carboxylic acids is 2. The maximum absolute atomic E-state index is 12.1. The van der Waals surface area contributed by atoms with Crippen LogP contribution in [0.3, 0.4) is 0 Å². The fourth-order valence-corrected chi connectivity index (χ4v) is 2.49. The van der Waals surface area contributed by atoms with Crippen molar-refractivity contribution in [3.8, 4) is 0 Å². The maximum Gasteiger partial charge on any atom is 0.243 e. The van der Waals surface area contributed by atoms with Crippen molar-refractivity contribution in [2.75, 3.05) is 18.9 Å². The second-order valence-corrected chi connectivity index (χ2v) is 4.93. The van der Waals surface area contributed by atoms with Crippen LogP contribution in [0.4, 0.5) is 11.4 Å². The van der Waals surface area contributed by atoms with Crippen LogP contribution < -0.4 is 10.6 Å². The van der Waals surface area contributed by atoms with Crippen LogP contribution in [0.5, 0.6) is 0 Å². The van der Waals surface area contributed by atoms with Gasteiger partial charge in [0.15, 0.2) is 0 Å². The van der Waals surface area contributed by atoms with E-state index in [2.05, 4.69) is 15.7 Å². The van der Waals surface area contributed by atoms with Gasteiger partial charge in [-0.3, -0.25) is 9.59 Å². The summed E-state index contributed by atoms with van der Waals surface area (Å²) in [6.07, 6.45) is 2.29. The summed E-state index contributed by atoms with van der Waals surface area (Å²) in [5, 5.41) is 9.23.